The molecule has 0 bridgehead atoms. The van der Waals surface area contributed by atoms with Crippen LogP contribution < -0.4 is 11.3 Å². The predicted octanol–water partition coefficient (Wildman–Crippen LogP) is 1.88. The highest BCUT2D eigenvalue weighted by atomic mass is 35.5. The summed E-state index contributed by atoms with van der Waals surface area (Å²) in [5.74, 6) is 6.13. The van der Waals surface area contributed by atoms with Crippen LogP contribution in [0.3, 0.4) is 0 Å². The smallest absolute Gasteiger partial charge is 0.193 e. The molecule has 1 unspecified atom stereocenters. The number of nitrogens with one attached hydrogen (secondary N) is 1. The highest BCUT2D eigenvalue weighted by Gasteiger charge is 2.15. The van der Waals surface area contributed by atoms with Gasteiger partial charge in [-0.05, 0) is 35.4 Å². The standard InChI is InChI=1S/C10H10ClN3O/c11-9-4-3-8(15-9)10(14-12)7-2-1-5-13-6-7/h1-6,10,14H,12H2. The van der Waals surface area contributed by atoms with Gasteiger partial charge in [0.2, 0.25) is 0 Å². The molecule has 0 radical (unpaired) electrons. The average Bonchev–Trinajstić information content (AvgIpc) is 2.68. The van der Waals surface area contributed by atoms with Crippen LogP contribution in [0.5, 0.6) is 0 Å². The Hall–Kier alpha value is -1.36. The van der Waals surface area contributed by atoms with E-state index in [1.54, 1.807) is 24.5 Å². The molecule has 15 heavy (non-hydrogen) atoms. The van der Waals surface area contributed by atoms with Gasteiger partial charge in [-0.1, -0.05) is 6.07 Å². The van der Waals surface area contributed by atoms with Gasteiger partial charge < -0.3 is 4.42 Å². The van der Waals surface area contributed by atoms with E-state index in [0.29, 0.717) is 11.0 Å². The summed E-state index contributed by atoms with van der Waals surface area (Å²) in [5.41, 5.74) is 3.58. The molecule has 0 saturated carbocycles. The SMILES string of the molecule is NNC(c1cccnc1)c1ccc(Cl)o1. The molecule has 2 heterocycles. The van der Waals surface area contributed by atoms with Gasteiger partial charge in [0.25, 0.3) is 0 Å². The minimum atomic E-state index is -0.230. The van der Waals surface area contributed by atoms with Crippen molar-refractivity contribution in [3.8, 4) is 0 Å². The molecule has 0 saturated heterocycles. The van der Waals surface area contributed by atoms with Crippen LogP contribution in [0.2, 0.25) is 5.22 Å². The third-order valence-corrected chi connectivity index (χ3v) is 2.27. The first-order chi connectivity index (χ1) is 7.31. The molecular formula is C10H10ClN3O. The summed E-state index contributed by atoms with van der Waals surface area (Å²) < 4.78 is 5.29. The van der Waals surface area contributed by atoms with Gasteiger partial charge in [-0.3, -0.25) is 10.8 Å². The first-order valence-electron chi connectivity index (χ1n) is 4.42. The number of hydrogen-bond donors (Lipinski definition) is 2. The van der Waals surface area contributed by atoms with Crippen molar-refractivity contribution in [2.45, 2.75) is 6.04 Å². The molecule has 3 N–H and O–H groups in total. The maximum atomic E-state index is 5.70. The Bertz CT molecular complexity index is 429. The minimum absolute atomic E-state index is 0.230. The molecule has 1 atom stereocenters. The molecule has 0 aliphatic rings. The molecule has 78 valence electrons. The molecule has 0 spiro atoms. The Morgan fingerprint density at radius 3 is 2.80 bits per heavy atom. The second-order valence-corrected chi connectivity index (χ2v) is 3.40. The number of rotatable bonds is 3. The van der Waals surface area contributed by atoms with Crippen molar-refractivity contribution in [1.82, 2.24) is 10.4 Å². The van der Waals surface area contributed by atoms with Crippen molar-refractivity contribution in [3.63, 3.8) is 0 Å². The predicted molar refractivity (Wildman–Crippen MR) is 57.1 cm³/mol. The molecule has 0 amide bonds. The second kappa shape index (κ2) is 4.44. The normalized spacial score (nSPS) is 12.7. The molecule has 0 aliphatic carbocycles. The van der Waals surface area contributed by atoms with Crippen LogP contribution in [-0.2, 0) is 0 Å². The Balaban J connectivity index is 2.33. The van der Waals surface area contributed by atoms with Gasteiger partial charge in [-0.25, -0.2) is 5.43 Å². The molecule has 5 heteroatoms. The van der Waals surface area contributed by atoms with E-state index in [-0.39, 0.29) is 6.04 Å². The van der Waals surface area contributed by atoms with E-state index in [0.717, 1.165) is 5.56 Å². The quantitative estimate of drug-likeness (QED) is 0.616. The molecule has 0 aliphatic heterocycles. The number of aromatic nitrogens is 1. The van der Waals surface area contributed by atoms with Gasteiger partial charge in [0.05, 0.1) is 0 Å². The lowest BCUT2D eigenvalue weighted by Crippen LogP contribution is -2.28. The summed E-state index contributed by atoms with van der Waals surface area (Å²) in [7, 11) is 0. The van der Waals surface area contributed by atoms with Crippen molar-refractivity contribution in [3.05, 3.63) is 53.2 Å². The monoisotopic (exact) mass is 223 g/mol. The van der Waals surface area contributed by atoms with Crippen LogP contribution in [0.25, 0.3) is 0 Å². The summed E-state index contributed by atoms with van der Waals surface area (Å²) in [4.78, 5) is 4.02. The van der Waals surface area contributed by atoms with E-state index in [4.69, 9.17) is 21.9 Å². The lowest BCUT2D eigenvalue weighted by molar-refractivity contribution is 0.453. The van der Waals surface area contributed by atoms with Gasteiger partial charge in [0.1, 0.15) is 11.8 Å². The summed E-state index contributed by atoms with van der Waals surface area (Å²) >= 11 is 5.70. The first-order valence-corrected chi connectivity index (χ1v) is 4.80. The number of nitrogens with two attached hydrogens (primary N) is 1. The molecular weight excluding hydrogens is 214 g/mol. The van der Waals surface area contributed by atoms with E-state index in [1.165, 1.54) is 0 Å². The Morgan fingerprint density at radius 1 is 1.40 bits per heavy atom. The number of nitrogens with zero attached hydrogens (tertiary/aromatic N) is 1. The molecule has 4 nitrogen and oxygen atoms in total. The fourth-order valence-electron chi connectivity index (χ4n) is 1.37. The zero-order chi connectivity index (χ0) is 10.7. The summed E-state index contributed by atoms with van der Waals surface area (Å²) in [6.07, 6.45) is 3.42. The maximum absolute atomic E-state index is 5.70. The van der Waals surface area contributed by atoms with Crippen LogP contribution >= 0.6 is 11.6 Å². The van der Waals surface area contributed by atoms with Gasteiger partial charge in [0.15, 0.2) is 5.22 Å². The molecule has 0 aromatic carbocycles. The van der Waals surface area contributed by atoms with Crippen molar-refractivity contribution in [1.29, 1.82) is 0 Å². The zero-order valence-electron chi connectivity index (χ0n) is 7.85. The second-order valence-electron chi connectivity index (χ2n) is 3.03. The van der Waals surface area contributed by atoms with Crippen molar-refractivity contribution < 1.29 is 4.42 Å². The number of halogens is 1. The van der Waals surface area contributed by atoms with Crippen molar-refractivity contribution in [2.75, 3.05) is 0 Å². The van der Waals surface area contributed by atoms with Gasteiger partial charge >= 0.3 is 0 Å². The number of furan rings is 1. The minimum Gasteiger partial charge on any atom is -0.448 e. The summed E-state index contributed by atoms with van der Waals surface area (Å²) in [6, 6.07) is 6.97. The van der Waals surface area contributed by atoms with Gasteiger partial charge in [0, 0.05) is 12.4 Å². The lowest BCUT2D eigenvalue weighted by Gasteiger charge is -2.12. The van der Waals surface area contributed by atoms with Crippen molar-refractivity contribution in [2.24, 2.45) is 5.84 Å². The zero-order valence-corrected chi connectivity index (χ0v) is 8.61. The Labute approximate surface area is 92.0 Å². The highest BCUT2D eigenvalue weighted by molar-refractivity contribution is 6.28. The average molecular weight is 224 g/mol. The third-order valence-electron chi connectivity index (χ3n) is 2.06. The number of hydrogen-bond acceptors (Lipinski definition) is 4. The Morgan fingerprint density at radius 2 is 2.27 bits per heavy atom. The largest absolute Gasteiger partial charge is 0.448 e. The van der Waals surface area contributed by atoms with Crippen LogP contribution in [0.15, 0.2) is 41.1 Å². The number of pyridine rings is 1. The van der Waals surface area contributed by atoms with Crippen LogP contribution in [-0.4, -0.2) is 4.98 Å². The number of hydrazine groups is 1. The lowest BCUT2D eigenvalue weighted by atomic mass is 10.1. The topological polar surface area (TPSA) is 64.1 Å². The van der Waals surface area contributed by atoms with Crippen molar-refractivity contribution >= 4 is 11.6 Å². The van der Waals surface area contributed by atoms with E-state index in [9.17, 15) is 0 Å². The first kappa shape index (κ1) is 10.2. The van der Waals surface area contributed by atoms with Crippen LogP contribution in [0, 0.1) is 0 Å². The van der Waals surface area contributed by atoms with Crippen LogP contribution in [0.4, 0.5) is 0 Å². The third kappa shape index (κ3) is 2.18. The van der Waals surface area contributed by atoms with Crippen LogP contribution in [0.1, 0.15) is 17.4 Å². The summed E-state index contributed by atoms with van der Waals surface area (Å²) in [6.45, 7) is 0. The van der Waals surface area contributed by atoms with Gasteiger partial charge in [-0.2, -0.15) is 0 Å². The van der Waals surface area contributed by atoms with E-state index in [2.05, 4.69) is 10.4 Å². The summed E-state index contributed by atoms with van der Waals surface area (Å²) in [5, 5.41) is 0.342. The molecule has 2 aromatic heterocycles. The van der Waals surface area contributed by atoms with E-state index < -0.39 is 0 Å². The molecule has 2 rings (SSSR count). The fourth-order valence-corrected chi connectivity index (χ4v) is 1.52. The van der Waals surface area contributed by atoms with Gasteiger partial charge in [-0.15, -0.1) is 0 Å². The highest BCUT2D eigenvalue weighted by Crippen LogP contribution is 2.24. The fraction of sp³-hybridized carbons (Fsp3) is 0.100. The van der Waals surface area contributed by atoms with E-state index in [1.807, 2.05) is 12.1 Å². The maximum Gasteiger partial charge on any atom is 0.193 e. The Kier molecular flexibility index (Phi) is 3.01. The molecule has 0 fully saturated rings. The molecule has 2 aromatic rings. The van der Waals surface area contributed by atoms with E-state index >= 15 is 0 Å².